The molecule has 8 heteroatoms. The molecule has 0 aromatic carbocycles. The standard InChI is InChI=1S/C15H25N3O5/c1-8(2)10-9(11-16-17-12(19)21-11)18(15(6,7)22-10)13(20)23-14(3,4)5/h8-10H,1-7H3,(H,17,19)/t9-,10+/m0/s1. The Morgan fingerprint density at radius 2 is 2.00 bits per heavy atom. The molecular weight excluding hydrogens is 302 g/mol. The van der Waals surface area contributed by atoms with E-state index in [1.807, 2.05) is 13.8 Å². The Kier molecular flexibility index (Phi) is 4.32. The second-order valence-corrected chi connectivity index (χ2v) is 7.52. The molecule has 1 aromatic heterocycles. The van der Waals surface area contributed by atoms with Gasteiger partial charge in [0.25, 0.3) is 0 Å². The van der Waals surface area contributed by atoms with Crippen molar-refractivity contribution in [2.45, 2.75) is 71.9 Å². The van der Waals surface area contributed by atoms with E-state index < -0.39 is 29.2 Å². The van der Waals surface area contributed by atoms with Gasteiger partial charge in [-0.15, -0.1) is 5.10 Å². The van der Waals surface area contributed by atoms with Gasteiger partial charge in [-0.3, -0.25) is 4.90 Å². The minimum atomic E-state index is -0.917. The van der Waals surface area contributed by atoms with E-state index >= 15 is 0 Å². The summed E-state index contributed by atoms with van der Waals surface area (Å²) in [7, 11) is 0. The first-order chi connectivity index (χ1) is 10.4. The molecule has 1 aliphatic rings. The monoisotopic (exact) mass is 327 g/mol. The molecule has 23 heavy (non-hydrogen) atoms. The number of hydrogen-bond acceptors (Lipinski definition) is 6. The van der Waals surface area contributed by atoms with Crippen LogP contribution in [0.1, 0.15) is 60.4 Å². The molecule has 1 fully saturated rings. The fourth-order valence-electron chi connectivity index (χ4n) is 2.70. The SMILES string of the molecule is CC(C)[C@H]1OC(C)(C)N(C(=O)OC(C)(C)C)[C@@H]1c1n[nH]c(=O)o1. The Balaban J connectivity index is 2.45. The number of aromatic nitrogens is 2. The summed E-state index contributed by atoms with van der Waals surface area (Å²) in [6.07, 6.45) is -0.912. The number of carbonyl (C=O) groups excluding carboxylic acids is 1. The first-order valence-electron chi connectivity index (χ1n) is 7.68. The molecule has 1 N–H and O–H groups in total. The Morgan fingerprint density at radius 1 is 1.39 bits per heavy atom. The molecule has 1 aliphatic heterocycles. The fourth-order valence-corrected chi connectivity index (χ4v) is 2.70. The minimum absolute atomic E-state index is 0.0775. The number of hydrogen-bond donors (Lipinski definition) is 1. The average Bonchev–Trinajstić information content (AvgIpc) is 2.87. The van der Waals surface area contributed by atoms with Crippen molar-refractivity contribution in [3.63, 3.8) is 0 Å². The van der Waals surface area contributed by atoms with Crippen LogP contribution in [0.25, 0.3) is 0 Å². The molecule has 1 saturated heterocycles. The zero-order valence-electron chi connectivity index (χ0n) is 14.7. The van der Waals surface area contributed by atoms with Crippen molar-refractivity contribution in [3.8, 4) is 0 Å². The Hall–Kier alpha value is -1.83. The van der Waals surface area contributed by atoms with Gasteiger partial charge in [0.15, 0.2) is 0 Å². The van der Waals surface area contributed by atoms with Crippen molar-refractivity contribution in [1.82, 2.24) is 15.1 Å². The van der Waals surface area contributed by atoms with Gasteiger partial charge in [-0.25, -0.2) is 14.7 Å². The molecule has 0 saturated carbocycles. The van der Waals surface area contributed by atoms with E-state index in [-0.39, 0.29) is 17.9 Å². The van der Waals surface area contributed by atoms with Crippen LogP contribution >= 0.6 is 0 Å². The van der Waals surface area contributed by atoms with E-state index in [1.165, 1.54) is 4.90 Å². The highest BCUT2D eigenvalue weighted by molar-refractivity contribution is 5.70. The first-order valence-corrected chi connectivity index (χ1v) is 7.68. The van der Waals surface area contributed by atoms with Gasteiger partial charge in [-0.05, 0) is 40.5 Å². The molecule has 0 bridgehead atoms. The Bertz CT molecular complexity index is 626. The summed E-state index contributed by atoms with van der Waals surface area (Å²) in [5.41, 5.74) is -1.57. The predicted molar refractivity (Wildman–Crippen MR) is 81.7 cm³/mol. The van der Waals surface area contributed by atoms with E-state index in [1.54, 1.807) is 34.6 Å². The lowest BCUT2D eigenvalue weighted by Gasteiger charge is -2.34. The van der Waals surface area contributed by atoms with E-state index in [9.17, 15) is 9.59 Å². The van der Waals surface area contributed by atoms with Crippen LogP contribution in [0, 0.1) is 5.92 Å². The van der Waals surface area contributed by atoms with Crippen molar-refractivity contribution >= 4 is 6.09 Å². The van der Waals surface area contributed by atoms with Crippen LogP contribution in [0.4, 0.5) is 4.79 Å². The molecule has 2 heterocycles. The predicted octanol–water partition coefficient (Wildman–Crippen LogP) is 2.43. The number of ether oxygens (including phenoxy) is 2. The highest BCUT2D eigenvalue weighted by Crippen LogP contribution is 2.44. The quantitative estimate of drug-likeness (QED) is 0.896. The molecule has 0 spiro atoms. The van der Waals surface area contributed by atoms with Crippen LogP contribution in [0.2, 0.25) is 0 Å². The van der Waals surface area contributed by atoms with Crippen LogP contribution in [-0.4, -0.2) is 38.6 Å². The highest BCUT2D eigenvalue weighted by Gasteiger charge is 2.54. The van der Waals surface area contributed by atoms with Gasteiger partial charge in [0.2, 0.25) is 5.89 Å². The summed E-state index contributed by atoms with van der Waals surface area (Å²) in [5.74, 6) is -0.477. The number of rotatable bonds is 2. The van der Waals surface area contributed by atoms with Crippen LogP contribution in [0.3, 0.4) is 0 Å². The van der Waals surface area contributed by atoms with E-state index in [4.69, 9.17) is 13.9 Å². The average molecular weight is 327 g/mol. The lowest BCUT2D eigenvalue weighted by Crippen LogP contribution is -2.47. The molecule has 8 nitrogen and oxygen atoms in total. The number of aromatic amines is 1. The maximum absolute atomic E-state index is 12.7. The lowest BCUT2D eigenvalue weighted by atomic mass is 9.99. The van der Waals surface area contributed by atoms with Gasteiger partial charge in [0, 0.05) is 0 Å². The van der Waals surface area contributed by atoms with Gasteiger partial charge in [-0.2, -0.15) is 0 Å². The van der Waals surface area contributed by atoms with Gasteiger partial charge < -0.3 is 13.9 Å². The molecular formula is C15H25N3O5. The molecule has 1 aromatic rings. The fraction of sp³-hybridized carbons (Fsp3) is 0.800. The van der Waals surface area contributed by atoms with Crippen LogP contribution < -0.4 is 5.76 Å². The van der Waals surface area contributed by atoms with Gasteiger partial charge in [-0.1, -0.05) is 13.8 Å². The molecule has 0 aliphatic carbocycles. The first kappa shape index (κ1) is 17.5. The topological polar surface area (TPSA) is 97.7 Å². The van der Waals surface area contributed by atoms with Crippen LogP contribution in [0.5, 0.6) is 0 Å². The van der Waals surface area contributed by atoms with E-state index in [0.717, 1.165) is 0 Å². The normalized spacial score (nSPS) is 24.3. The van der Waals surface area contributed by atoms with Crippen molar-refractivity contribution in [1.29, 1.82) is 0 Å². The second-order valence-electron chi connectivity index (χ2n) is 7.52. The molecule has 0 radical (unpaired) electrons. The summed E-state index contributed by atoms with van der Waals surface area (Å²) in [6, 6.07) is -0.640. The summed E-state index contributed by atoms with van der Waals surface area (Å²) in [4.78, 5) is 25.5. The van der Waals surface area contributed by atoms with E-state index in [0.29, 0.717) is 0 Å². The third kappa shape index (κ3) is 3.57. The Morgan fingerprint density at radius 3 is 2.43 bits per heavy atom. The zero-order chi connectivity index (χ0) is 17.6. The number of nitrogens with one attached hydrogen (secondary N) is 1. The van der Waals surface area contributed by atoms with Gasteiger partial charge in [0.1, 0.15) is 17.4 Å². The van der Waals surface area contributed by atoms with Gasteiger partial charge in [0.05, 0.1) is 6.10 Å². The largest absolute Gasteiger partial charge is 0.444 e. The molecule has 2 atom stereocenters. The number of nitrogens with zero attached hydrogens (tertiary/aromatic N) is 2. The molecule has 1 amide bonds. The summed E-state index contributed by atoms with van der Waals surface area (Å²) >= 11 is 0. The van der Waals surface area contributed by atoms with Crippen molar-refractivity contribution in [2.24, 2.45) is 5.92 Å². The maximum Gasteiger partial charge on any atom is 0.434 e. The van der Waals surface area contributed by atoms with Crippen LogP contribution in [-0.2, 0) is 9.47 Å². The molecule has 2 rings (SSSR count). The van der Waals surface area contributed by atoms with E-state index in [2.05, 4.69) is 10.2 Å². The molecule has 0 unspecified atom stereocenters. The summed E-state index contributed by atoms with van der Waals surface area (Å²) in [5, 5.41) is 6.12. The summed E-state index contributed by atoms with van der Waals surface area (Å²) < 4.78 is 16.6. The third-order valence-corrected chi connectivity index (χ3v) is 3.55. The smallest absolute Gasteiger partial charge is 0.434 e. The third-order valence-electron chi connectivity index (χ3n) is 3.55. The minimum Gasteiger partial charge on any atom is -0.444 e. The van der Waals surface area contributed by atoms with Crippen molar-refractivity contribution in [3.05, 3.63) is 16.4 Å². The maximum atomic E-state index is 12.7. The number of carbonyl (C=O) groups is 1. The van der Waals surface area contributed by atoms with Crippen molar-refractivity contribution in [2.75, 3.05) is 0 Å². The van der Waals surface area contributed by atoms with Crippen LogP contribution in [0.15, 0.2) is 9.21 Å². The second kappa shape index (κ2) is 5.67. The van der Waals surface area contributed by atoms with Crippen molar-refractivity contribution < 1.29 is 18.7 Å². The molecule has 130 valence electrons. The zero-order valence-corrected chi connectivity index (χ0v) is 14.7. The lowest BCUT2D eigenvalue weighted by molar-refractivity contribution is -0.0864. The Labute approximate surface area is 135 Å². The summed E-state index contributed by atoms with van der Waals surface area (Å²) in [6.45, 7) is 12.9. The number of amides is 1. The highest BCUT2D eigenvalue weighted by atomic mass is 16.6. The number of H-pyrrole nitrogens is 1. The van der Waals surface area contributed by atoms with Gasteiger partial charge >= 0.3 is 11.8 Å².